The van der Waals surface area contributed by atoms with Gasteiger partial charge in [0.25, 0.3) is 5.56 Å². The molecule has 0 aliphatic rings. The summed E-state index contributed by atoms with van der Waals surface area (Å²) in [5, 5.41) is 0.126. The summed E-state index contributed by atoms with van der Waals surface area (Å²) in [5.41, 5.74) is 0.887. The molecule has 0 saturated heterocycles. The van der Waals surface area contributed by atoms with Crippen molar-refractivity contribution in [2.24, 2.45) is 0 Å². The number of hydrogen-bond donors (Lipinski definition) is 1. The molecule has 0 spiro atoms. The lowest BCUT2D eigenvalue weighted by Gasteiger charge is -2.08. The zero-order valence-electron chi connectivity index (χ0n) is 9.31. The molecule has 0 unspecified atom stereocenters. The summed E-state index contributed by atoms with van der Waals surface area (Å²) in [5.74, 6) is -1.85. The summed E-state index contributed by atoms with van der Waals surface area (Å²) in [6.45, 7) is 5.15. The number of aromatic nitrogens is 1. The van der Waals surface area contributed by atoms with E-state index in [4.69, 9.17) is 0 Å². The highest BCUT2D eigenvalue weighted by atomic mass is 19.2. The molecule has 2 aromatic rings. The summed E-state index contributed by atoms with van der Waals surface area (Å²) in [6, 6.07) is 2.36. The van der Waals surface area contributed by atoms with Crippen molar-refractivity contribution in [3.05, 3.63) is 57.9 Å². The van der Waals surface area contributed by atoms with Crippen LogP contribution >= 0.6 is 0 Å². The Balaban J connectivity index is 2.93. The number of fused-ring (bicyclic) bond motifs is 1. The fraction of sp³-hybridized carbons (Fsp3) is 0.154. The van der Waals surface area contributed by atoms with Gasteiger partial charge in [-0.3, -0.25) is 4.79 Å². The summed E-state index contributed by atoms with van der Waals surface area (Å²) in [7, 11) is 0. The van der Waals surface area contributed by atoms with E-state index >= 15 is 0 Å². The van der Waals surface area contributed by atoms with E-state index in [-0.39, 0.29) is 10.9 Å². The number of rotatable bonds is 2. The Kier molecular flexibility index (Phi) is 2.79. The summed E-state index contributed by atoms with van der Waals surface area (Å²) in [6.07, 6.45) is 1.88. The molecule has 2 nitrogen and oxygen atoms in total. The van der Waals surface area contributed by atoms with Gasteiger partial charge in [-0.1, -0.05) is 6.08 Å². The molecule has 2 rings (SSSR count). The van der Waals surface area contributed by atoms with Crippen molar-refractivity contribution in [3.63, 3.8) is 0 Å². The molecule has 0 aliphatic carbocycles. The summed E-state index contributed by atoms with van der Waals surface area (Å²) in [4.78, 5) is 14.3. The minimum absolute atomic E-state index is 0.126. The molecule has 0 radical (unpaired) electrons. The van der Waals surface area contributed by atoms with Crippen LogP contribution in [-0.2, 0) is 6.42 Å². The number of nitrogens with one attached hydrogen (secondary N) is 1. The van der Waals surface area contributed by atoms with Gasteiger partial charge in [0.2, 0.25) is 0 Å². The van der Waals surface area contributed by atoms with E-state index in [1.165, 1.54) is 6.07 Å². The van der Waals surface area contributed by atoms with E-state index in [0.29, 0.717) is 23.1 Å². The van der Waals surface area contributed by atoms with Gasteiger partial charge < -0.3 is 4.98 Å². The first-order valence-electron chi connectivity index (χ1n) is 5.16. The maximum atomic E-state index is 13.7. The first-order chi connectivity index (χ1) is 8.06. The molecule has 4 heteroatoms. The fourth-order valence-electron chi connectivity index (χ4n) is 1.93. The van der Waals surface area contributed by atoms with Crippen LogP contribution in [0, 0.1) is 18.6 Å². The second kappa shape index (κ2) is 4.13. The minimum atomic E-state index is -0.929. The molecule has 0 atom stereocenters. The molecule has 0 saturated carbocycles. The number of H-pyrrole nitrogens is 1. The fourth-order valence-corrected chi connectivity index (χ4v) is 1.93. The zero-order valence-corrected chi connectivity index (χ0v) is 9.31. The van der Waals surface area contributed by atoms with Crippen LogP contribution in [0.5, 0.6) is 0 Å². The van der Waals surface area contributed by atoms with Crippen LogP contribution in [0.25, 0.3) is 10.9 Å². The average molecular weight is 235 g/mol. The second-order valence-electron chi connectivity index (χ2n) is 3.83. The van der Waals surface area contributed by atoms with Gasteiger partial charge in [0, 0.05) is 10.9 Å². The third-order valence-corrected chi connectivity index (χ3v) is 2.79. The molecule has 1 heterocycles. The van der Waals surface area contributed by atoms with Crippen molar-refractivity contribution < 1.29 is 8.78 Å². The first kappa shape index (κ1) is 11.5. The van der Waals surface area contributed by atoms with Crippen molar-refractivity contribution in [1.82, 2.24) is 4.98 Å². The molecule has 0 amide bonds. The maximum absolute atomic E-state index is 13.7. The SMILES string of the molecule is C=CCc1c(C)c2c(F)c(F)ccc2[nH]c1=O. The van der Waals surface area contributed by atoms with E-state index < -0.39 is 11.6 Å². The van der Waals surface area contributed by atoms with Gasteiger partial charge in [0.15, 0.2) is 11.6 Å². The van der Waals surface area contributed by atoms with Crippen LogP contribution in [0.4, 0.5) is 8.78 Å². The van der Waals surface area contributed by atoms with Crippen molar-refractivity contribution in [2.45, 2.75) is 13.3 Å². The Morgan fingerprint density at radius 2 is 2.12 bits per heavy atom. The van der Waals surface area contributed by atoms with E-state index in [2.05, 4.69) is 11.6 Å². The second-order valence-corrected chi connectivity index (χ2v) is 3.83. The Hall–Kier alpha value is -1.97. The van der Waals surface area contributed by atoms with Crippen LogP contribution < -0.4 is 5.56 Å². The van der Waals surface area contributed by atoms with Gasteiger partial charge in [0.1, 0.15) is 0 Å². The number of allylic oxidation sites excluding steroid dienone is 1. The van der Waals surface area contributed by atoms with E-state index in [1.54, 1.807) is 13.0 Å². The molecule has 1 N–H and O–H groups in total. The predicted octanol–water partition coefficient (Wildman–Crippen LogP) is 2.84. The van der Waals surface area contributed by atoms with Crippen LogP contribution in [-0.4, -0.2) is 4.98 Å². The molecule has 0 aliphatic heterocycles. The van der Waals surface area contributed by atoms with Gasteiger partial charge in [-0.25, -0.2) is 8.78 Å². The number of pyridine rings is 1. The Bertz CT molecular complexity index is 658. The number of aryl methyl sites for hydroxylation is 1. The van der Waals surface area contributed by atoms with Crippen molar-refractivity contribution in [3.8, 4) is 0 Å². The Labute approximate surface area is 96.6 Å². The zero-order chi connectivity index (χ0) is 12.6. The standard InChI is InChI=1S/C13H11F2NO/c1-3-4-8-7(2)11-10(16-13(8)17)6-5-9(14)12(11)15/h3,5-6H,1,4H2,2H3,(H,16,17). The third kappa shape index (κ3) is 1.75. The Morgan fingerprint density at radius 1 is 1.41 bits per heavy atom. The highest BCUT2D eigenvalue weighted by molar-refractivity contribution is 5.83. The topological polar surface area (TPSA) is 32.9 Å². The molecule has 88 valence electrons. The highest BCUT2D eigenvalue weighted by Crippen LogP contribution is 2.23. The predicted molar refractivity (Wildman–Crippen MR) is 63.1 cm³/mol. The molecule has 1 aromatic carbocycles. The van der Waals surface area contributed by atoms with Crippen LogP contribution in [0.1, 0.15) is 11.1 Å². The average Bonchev–Trinajstić information content (AvgIpc) is 2.29. The maximum Gasteiger partial charge on any atom is 0.252 e. The number of benzene rings is 1. The highest BCUT2D eigenvalue weighted by Gasteiger charge is 2.14. The molecular weight excluding hydrogens is 224 g/mol. The van der Waals surface area contributed by atoms with Crippen molar-refractivity contribution >= 4 is 10.9 Å². The van der Waals surface area contributed by atoms with Gasteiger partial charge in [0.05, 0.1) is 5.52 Å². The normalized spacial score (nSPS) is 10.8. The number of halogens is 2. The lowest BCUT2D eigenvalue weighted by molar-refractivity contribution is 0.516. The van der Waals surface area contributed by atoms with Gasteiger partial charge in [-0.2, -0.15) is 0 Å². The summed E-state index contributed by atoms with van der Waals surface area (Å²) < 4.78 is 26.8. The first-order valence-corrected chi connectivity index (χ1v) is 5.16. The van der Waals surface area contributed by atoms with E-state index in [9.17, 15) is 13.6 Å². The molecule has 17 heavy (non-hydrogen) atoms. The summed E-state index contributed by atoms with van der Waals surface area (Å²) >= 11 is 0. The van der Waals surface area contributed by atoms with Gasteiger partial charge in [-0.15, -0.1) is 6.58 Å². The molecule has 0 bridgehead atoms. The minimum Gasteiger partial charge on any atom is -0.322 e. The largest absolute Gasteiger partial charge is 0.322 e. The van der Waals surface area contributed by atoms with Crippen LogP contribution in [0.2, 0.25) is 0 Å². The van der Waals surface area contributed by atoms with Crippen LogP contribution in [0.3, 0.4) is 0 Å². The Morgan fingerprint density at radius 3 is 2.76 bits per heavy atom. The number of hydrogen-bond acceptors (Lipinski definition) is 1. The third-order valence-electron chi connectivity index (χ3n) is 2.79. The molecule has 0 fully saturated rings. The number of aromatic amines is 1. The van der Waals surface area contributed by atoms with Gasteiger partial charge in [-0.05, 0) is 31.0 Å². The van der Waals surface area contributed by atoms with Gasteiger partial charge >= 0.3 is 0 Å². The lowest BCUT2D eigenvalue weighted by atomic mass is 10.0. The van der Waals surface area contributed by atoms with Crippen LogP contribution in [0.15, 0.2) is 29.6 Å². The molecule has 1 aromatic heterocycles. The lowest BCUT2D eigenvalue weighted by Crippen LogP contribution is -2.15. The van der Waals surface area contributed by atoms with E-state index in [0.717, 1.165) is 6.07 Å². The molecular formula is C13H11F2NO. The van der Waals surface area contributed by atoms with Crippen molar-refractivity contribution in [1.29, 1.82) is 0 Å². The quantitative estimate of drug-likeness (QED) is 0.798. The monoisotopic (exact) mass is 235 g/mol. The van der Waals surface area contributed by atoms with E-state index in [1.807, 2.05) is 0 Å². The smallest absolute Gasteiger partial charge is 0.252 e. The van der Waals surface area contributed by atoms with Crippen molar-refractivity contribution in [2.75, 3.05) is 0 Å².